The van der Waals surface area contributed by atoms with Crippen LogP contribution in [0.2, 0.25) is 0 Å². The van der Waals surface area contributed by atoms with Crippen LogP contribution in [0.15, 0.2) is 0 Å². The van der Waals surface area contributed by atoms with Crippen LogP contribution in [0.1, 0.15) is 12.2 Å². The van der Waals surface area contributed by atoms with E-state index in [4.69, 9.17) is 26.6 Å². The second kappa shape index (κ2) is 15.4. The summed E-state index contributed by atoms with van der Waals surface area (Å²) in [5.74, 6) is 0.674. The van der Waals surface area contributed by atoms with Crippen LogP contribution in [0.3, 0.4) is 0 Å². The van der Waals surface area contributed by atoms with Crippen LogP contribution in [0.5, 0.6) is 0 Å². The van der Waals surface area contributed by atoms with Crippen LogP contribution in [0.25, 0.3) is 0 Å². The number of nitrogens with two attached hydrogens (primary N) is 2. The van der Waals surface area contributed by atoms with Gasteiger partial charge in [-0.05, 0) is 6.54 Å². The molecule has 90 valence electrons. The number of carboxylic acid groups (broad SMARTS) is 1. The van der Waals surface area contributed by atoms with Gasteiger partial charge in [-0.2, -0.15) is 10.5 Å². The van der Waals surface area contributed by atoms with Crippen molar-refractivity contribution < 1.29 is 9.90 Å². The molecule has 1 heterocycles. The lowest BCUT2D eigenvalue weighted by Crippen LogP contribution is -2.03. The van der Waals surface area contributed by atoms with Crippen molar-refractivity contribution in [3.8, 4) is 6.07 Å². The molecule has 1 aromatic heterocycles. The molecule has 16 heavy (non-hydrogen) atoms. The van der Waals surface area contributed by atoms with E-state index in [1.54, 1.807) is 0 Å². The second-order valence-electron chi connectivity index (χ2n) is 2.17. The standard InChI is InChI=1S/C3H7N5.C3H6N2.CH2O2/c4-2-1-3-5-7-8-6-3;4-2-1-3-5;2-1-3/h1-2,4H2,(H,5,6,7,8);1-2,4H2;1H,(H,2,3). The minimum atomic E-state index is -0.250. The molecular formula is C7H15N7O2. The monoisotopic (exact) mass is 229 g/mol. The van der Waals surface area contributed by atoms with E-state index >= 15 is 0 Å². The molecule has 0 spiro atoms. The topological polar surface area (TPSA) is 168 Å². The third-order valence-electron chi connectivity index (χ3n) is 1.01. The van der Waals surface area contributed by atoms with Gasteiger partial charge in [-0.15, -0.1) is 10.2 Å². The highest BCUT2D eigenvalue weighted by molar-refractivity contribution is 5.32. The number of hydrogen-bond donors (Lipinski definition) is 4. The molecule has 1 rings (SSSR count). The van der Waals surface area contributed by atoms with Gasteiger partial charge in [0.25, 0.3) is 6.47 Å². The Bertz CT molecular complexity index is 269. The first-order valence-corrected chi connectivity index (χ1v) is 4.34. The van der Waals surface area contributed by atoms with Gasteiger partial charge in [-0.1, -0.05) is 5.21 Å². The maximum atomic E-state index is 8.36. The summed E-state index contributed by atoms with van der Waals surface area (Å²) in [6.07, 6.45) is 1.16. The lowest BCUT2D eigenvalue weighted by molar-refractivity contribution is -0.122. The lowest BCUT2D eigenvalue weighted by atomic mass is 10.4. The zero-order valence-electron chi connectivity index (χ0n) is 8.70. The maximum absolute atomic E-state index is 8.36. The van der Waals surface area contributed by atoms with E-state index in [9.17, 15) is 0 Å². The average molecular weight is 229 g/mol. The van der Waals surface area contributed by atoms with E-state index in [1.165, 1.54) is 0 Å². The van der Waals surface area contributed by atoms with Crippen molar-refractivity contribution in [1.29, 1.82) is 5.26 Å². The number of tetrazole rings is 1. The third kappa shape index (κ3) is 14.5. The number of H-pyrrole nitrogens is 1. The summed E-state index contributed by atoms with van der Waals surface area (Å²) in [5.41, 5.74) is 10.1. The molecule has 0 aromatic carbocycles. The van der Waals surface area contributed by atoms with Gasteiger partial charge in [0.1, 0.15) is 0 Å². The molecule has 0 fully saturated rings. The van der Waals surface area contributed by atoms with Crippen molar-refractivity contribution in [2.45, 2.75) is 12.8 Å². The summed E-state index contributed by atoms with van der Waals surface area (Å²) >= 11 is 0. The molecule has 0 aliphatic carbocycles. The predicted octanol–water partition coefficient (Wildman–Crippen LogP) is -1.74. The minimum absolute atomic E-state index is 0.250. The number of hydrogen-bond acceptors (Lipinski definition) is 7. The van der Waals surface area contributed by atoms with E-state index in [0.717, 1.165) is 0 Å². The molecule has 0 radical (unpaired) electrons. The SMILES string of the molecule is N#CCCN.NCCc1nn[nH]n1.O=CO. The molecule has 0 aliphatic rings. The summed E-state index contributed by atoms with van der Waals surface area (Å²) in [7, 11) is 0. The fourth-order valence-corrected chi connectivity index (χ4v) is 0.482. The predicted molar refractivity (Wildman–Crippen MR) is 54.9 cm³/mol. The van der Waals surface area contributed by atoms with E-state index in [2.05, 4.69) is 20.6 Å². The third-order valence-corrected chi connectivity index (χ3v) is 1.01. The summed E-state index contributed by atoms with van der Waals surface area (Å²) in [4.78, 5) is 8.36. The Balaban J connectivity index is 0. The highest BCUT2D eigenvalue weighted by Crippen LogP contribution is 1.79. The van der Waals surface area contributed by atoms with E-state index in [1.807, 2.05) is 6.07 Å². The summed E-state index contributed by atoms with van der Waals surface area (Å²) in [6.45, 7) is 0.802. The Morgan fingerprint density at radius 1 is 1.50 bits per heavy atom. The average Bonchev–Trinajstić information content (AvgIpc) is 2.75. The molecule has 0 bridgehead atoms. The molecule has 0 saturated carbocycles. The highest BCUT2D eigenvalue weighted by Gasteiger charge is 1.91. The first kappa shape index (κ1) is 16.4. The lowest BCUT2D eigenvalue weighted by Gasteiger charge is -1.81. The normalized spacial score (nSPS) is 7.56. The first-order chi connectivity index (χ1) is 7.76. The van der Waals surface area contributed by atoms with Crippen LogP contribution in [0.4, 0.5) is 0 Å². The smallest absolute Gasteiger partial charge is 0.290 e. The Labute approximate surface area is 92.4 Å². The van der Waals surface area contributed by atoms with Crippen molar-refractivity contribution in [3.63, 3.8) is 0 Å². The van der Waals surface area contributed by atoms with Gasteiger partial charge in [-0.25, -0.2) is 0 Å². The number of nitrogens with zero attached hydrogens (tertiary/aromatic N) is 4. The molecule has 0 saturated heterocycles. The molecule has 9 nitrogen and oxygen atoms in total. The van der Waals surface area contributed by atoms with Gasteiger partial charge in [0.05, 0.1) is 6.07 Å². The zero-order valence-corrected chi connectivity index (χ0v) is 8.70. The molecule has 9 heteroatoms. The number of nitriles is 1. The van der Waals surface area contributed by atoms with Gasteiger partial charge in [0.2, 0.25) is 0 Å². The Hall–Kier alpha value is -2.05. The van der Waals surface area contributed by atoms with E-state index in [-0.39, 0.29) is 6.47 Å². The van der Waals surface area contributed by atoms with Crippen molar-refractivity contribution in [1.82, 2.24) is 20.6 Å². The molecular weight excluding hydrogens is 214 g/mol. The highest BCUT2D eigenvalue weighted by atomic mass is 16.3. The van der Waals surface area contributed by atoms with E-state index < -0.39 is 0 Å². The Morgan fingerprint density at radius 3 is 2.38 bits per heavy atom. The number of aromatic amines is 1. The van der Waals surface area contributed by atoms with Crippen molar-refractivity contribution >= 4 is 6.47 Å². The fourth-order valence-electron chi connectivity index (χ4n) is 0.482. The van der Waals surface area contributed by atoms with Gasteiger partial charge >= 0.3 is 0 Å². The molecule has 1 aromatic rings. The minimum Gasteiger partial charge on any atom is -0.483 e. The van der Waals surface area contributed by atoms with Crippen LogP contribution in [-0.4, -0.2) is 45.3 Å². The molecule has 0 unspecified atom stereocenters. The Morgan fingerprint density at radius 2 is 2.12 bits per heavy atom. The van der Waals surface area contributed by atoms with Crippen LogP contribution in [0, 0.1) is 11.3 Å². The van der Waals surface area contributed by atoms with Crippen LogP contribution in [-0.2, 0) is 11.2 Å². The number of rotatable bonds is 3. The molecule has 0 atom stereocenters. The van der Waals surface area contributed by atoms with Crippen LogP contribution < -0.4 is 11.5 Å². The number of carbonyl (C=O) groups is 1. The molecule has 0 aliphatic heterocycles. The van der Waals surface area contributed by atoms with Gasteiger partial charge in [0.15, 0.2) is 5.82 Å². The van der Waals surface area contributed by atoms with Crippen molar-refractivity contribution in [2.75, 3.05) is 13.1 Å². The zero-order chi connectivity index (χ0) is 12.6. The molecule has 0 amide bonds. The summed E-state index contributed by atoms with van der Waals surface area (Å²) in [6, 6.07) is 1.89. The largest absolute Gasteiger partial charge is 0.483 e. The quantitative estimate of drug-likeness (QED) is 0.443. The maximum Gasteiger partial charge on any atom is 0.290 e. The Kier molecular flexibility index (Phi) is 15.8. The van der Waals surface area contributed by atoms with Gasteiger partial charge < -0.3 is 16.6 Å². The van der Waals surface area contributed by atoms with Crippen molar-refractivity contribution in [2.24, 2.45) is 11.5 Å². The van der Waals surface area contributed by atoms with Gasteiger partial charge in [-0.3, -0.25) is 4.79 Å². The summed E-state index contributed by atoms with van der Waals surface area (Å²) in [5, 5.41) is 27.7. The summed E-state index contributed by atoms with van der Waals surface area (Å²) < 4.78 is 0. The number of nitrogens with one attached hydrogen (secondary N) is 1. The second-order valence-corrected chi connectivity index (χ2v) is 2.17. The van der Waals surface area contributed by atoms with Crippen LogP contribution >= 0.6 is 0 Å². The first-order valence-electron chi connectivity index (χ1n) is 4.34. The van der Waals surface area contributed by atoms with E-state index in [0.29, 0.717) is 31.8 Å². The molecule has 6 N–H and O–H groups in total. The van der Waals surface area contributed by atoms with Gasteiger partial charge in [0, 0.05) is 19.4 Å². The number of aromatic nitrogens is 4. The fraction of sp³-hybridized carbons (Fsp3) is 0.571. The van der Waals surface area contributed by atoms with Crippen molar-refractivity contribution in [3.05, 3.63) is 5.82 Å².